The van der Waals surface area contributed by atoms with Crippen LogP contribution in [0.1, 0.15) is 64.9 Å². The van der Waals surface area contributed by atoms with Crippen molar-refractivity contribution in [3.8, 4) is 0 Å². The molecule has 0 spiro atoms. The number of aromatic nitrogens is 1. The van der Waals surface area contributed by atoms with Crippen molar-refractivity contribution in [2.75, 3.05) is 13.7 Å². The number of esters is 1. The SMILES string of the molecule is COC(=O)[C@H](Cc1c[nH]c2ccccc12)NC(=O)CO/N=C1\C=C[C@@]2(C)C(=C1)CC[C@@H]1[C@@H]2CC[C@@]2(C)[C@H]1CC[C@]2(C)O. The number of hydrogen-bond donors (Lipinski definition) is 3. The monoisotopic (exact) mass is 573 g/mol. The van der Waals surface area contributed by atoms with Gasteiger partial charge in [-0.1, -0.05) is 48.9 Å². The zero-order valence-electron chi connectivity index (χ0n) is 25.1. The van der Waals surface area contributed by atoms with Crippen LogP contribution in [0.25, 0.3) is 10.9 Å². The number of fused-ring (bicyclic) bond motifs is 6. The average Bonchev–Trinajstić information content (AvgIpc) is 3.49. The van der Waals surface area contributed by atoms with Crippen molar-refractivity contribution in [2.45, 2.75) is 77.4 Å². The lowest BCUT2D eigenvalue weighted by molar-refractivity contribution is -0.145. The van der Waals surface area contributed by atoms with E-state index < -0.39 is 23.5 Å². The van der Waals surface area contributed by atoms with Gasteiger partial charge in [0.15, 0.2) is 6.61 Å². The summed E-state index contributed by atoms with van der Waals surface area (Å²) in [4.78, 5) is 33.9. The van der Waals surface area contributed by atoms with Gasteiger partial charge in [0.05, 0.1) is 12.7 Å². The molecule has 42 heavy (non-hydrogen) atoms. The number of allylic oxidation sites excluding steroid dienone is 4. The van der Waals surface area contributed by atoms with E-state index in [2.05, 4.69) is 41.5 Å². The lowest BCUT2D eigenvalue weighted by atomic mass is 9.47. The molecule has 0 bridgehead atoms. The van der Waals surface area contributed by atoms with Gasteiger partial charge in [0.1, 0.15) is 11.8 Å². The molecule has 8 nitrogen and oxygen atoms in total. The number of methoxy groups -OCH3 is 1. The molecule has 6 rings (SSSR count). The Kier molecular flexibility index (Phi) is 7.32. The fourth-order valence-corrected chi connectivity index (χ4v) is 8.77. The first-order chi connectivity index (χ1) is 20.1. The molecule has 4 aliphatic carbocycles. The maximum Gasteiger partial charge on any atom is 0.328 e. The number of benzene rings is 1. The Hall–Kier alpha value is -3.39. The van der Waals surface area contributed by atoms with E-state index in [4.69, 9.17) is 9.57 Å². The smallest absolute Gasteiger partial charge is 0.328 e. The minimum atomic E-state index is -0.841. The number of aliphatic hydroxyl groups is 1. The number of ether oxygens (including phenoxy) is 1. The number of rotatable bonds is 7. The Morgan fingerprint density at radius 2 is 1.93 bits per heavy atom. The van der Waals surface area contributed by atoms with Crippen molar-refractivity contribution in [3.05, 3.63) is 59.8 Å². The highest BCUT2D eigenvalue weighted by Gasteiger charge is 2.62. The van der Waals surface area contributed by atoms with Crippen LogP contribution in [0.2, 0.25) is 0 Å². The fraction of sp³-hybridized carbons (Fsp3) is 0.559. The van der Waals surface area contributed by atoms with Crippen molar-refractivity contribution >= 4 is 28.5 Å². The van der Waals surface area contributed by atoms with Gasteiger partial charge in [-0.2, -0.15) is 0 Å². The van der Waals surface area contributed by atoms with Crippen molar-refractivity contribution in [1.82, 2.24) is 10.3 Å². The molecule has 1 amide bonds. The van der Waals surface area contributed by atoms with Crippen LogP contribution in [-0.4, -0.2) is 53.0 Å². The molecule has 8 heteroatoms. The minimum absolute atomic E-state index is 0.00739. The zero-order chi connectivity index (χ0) is 29.7. The maximum atomic E-state index is 12.7. The molecule has 3 fully saturated rings. The maximum absolute atomic E-state index is 12.7. The number of carbonyl (C=O) groups is 2. The predicted octanol–water partition coefficient (Wildman–Crippen LogP) is 5.23. The summed E-state index contributed by atoms with van der Waals surface area (Å²) in [5.41, 5.74) is 3.37. The van der Waals surface area contributed by atoms with Gasteiger partial charge in [0.2, 0.25) is 0 Å². The number of amides is 1. The van der Waals surface area contributed by atoms with Crippen LogP contribution in [0.3, 0.4) is 0 Å². The van der Waals surface area contributed by atoms with Crippen molar-refractivity contribution in [3.63, 3.8) is 0 Å². The van der Waals surface area contributed by atoms with Crippen LogP contribution in [0.15, 0.2) is 59.4 Å². The summed E-state index contributed by atoms with van der Waals surface area (Å²) in [6.45, 7) is 6.42. The highest BCUT2D eigenvalue weighted by Crippen LogP contribution is 2.66. The standard InChI is InChI=1S/C34H43N3O5/c1-32-14-11-23(18-22(32)9-10-25-26(32)12-15-33(2)27(25)13-16-34(33,3)40)37-42-20-30(38)36-29(31(39)41-4)17-21-19-35-28-8-6-5-7-24(21)28/h5-8,11,14,18-19,25-27,29,35,40H,9-10,12-13,15-17,20H2,1-4H3,(H,36,38)/b37-23+/t25-,26+,27+,29+,32+,33+,34+/m1/s1. The molecule has 4 aliphatic rings. The number of para-hydroxylation sites is 1. The van der Waals surface area contributed by atoms with E-state index in [1.807, 2.05) is 43.5 Å². The molecule has 3 saturated carbocycles. The second-order valence-corrected chi connectivity index (χ2v) is 13.5. The number of hydrogen-bond acceptors (Lipinski definition) is 6. The Labute approximate surface area is 247 Å². The van der Waals surface area contributed by atoms with Gasteiger partial charge in [0, 0.05) is 28.9 Å². The third-order valence-corrected chi connectivity index (χ3v) is 11.4. The number of aromatic amines is 1. The fourth-order valence-electron chi connectivity index (χ4n) is 8.77. The molecule has 1 heterocycles. The van der Waals surface area contributed by atoms with Crippen molar-refractivity contribution in [1.29, 1.82) is 0 Å². The summed E-state index contributed by atoms with van der Waals surface area (Å²) in [5, 5.41) is 19.2. The summed E-state index contributed by atoms with van der Waals surface area (Å²) in [6.07, 6.45) is 14.9. The van der Waals surface area contributed by atoms with Gasteiger partial charge >= 0.3 is 5.97 Å². The van der Waals surface area contributed by atoms with Crippen LogP contribution in [0, 0.1) is 28.6 Å². The molecule has 7 atom stereocenters. The molecule has 0 radical (unpaired) electrons. The van der Waals surface area contributed by atoms with Gasteiger partial charge in [-0.3, -0.25) is 4.79 Å². The Morgan fingerprint density at radius 3 is 2.74 bits per heavy atom. The molecular weight excluding hydrogens is 530 g/mol. The summed E-state index contributed by atoms with van der Waals surface area (Å²) >= 11 is 0. The highest BCUT2D eigenvalue weighted by atomic mass is 16.6. The lowest BCUT2D eigenvalue weighted by Gasteiger charge is -2.58. The van der Waals surface area contributed by atoms with Gasteiger partial charge in [-0.25, -0.2) is 4.79 Å². The molecule has 0 unspecified atom stereocenters. The van der Waals surface area contributed by atoms with Gasteiger partial charge in [-0.05, 0) is 92.4 Å². The minimum Gasteiger partial charge on any atom is -0.467 e. The Morgan fingerprint density at radius 1 is 1.14 bits per heavy atom. The summed E-state index contributed by atoms with van der Waals surface area (Å²) in [7, 11) is 1.31. The topological polar surface area (TPSA) is 113 Å². The first-order valence-electron chi connectivity index (χ1n) is 15.3. The van der Waals surface area contributed by atoms with Gasteiger partial charge < -0.3 is 25.0 Å². The molecule has 224 valence electrons. The van der Waals surface area contributed by atoms with E-state index in [9.17, 15) is 14.7 Å². The molecule has 2 aromatic rings. The molecule has 1 aromatic heterocycles. The molecular formula is C34H43N3O5. The van der Waals surface area contributed by atoms with Crippen LogP contribution < -0.4 is 5.32 Å². The van der Waals surface area contributed by atoms with E-state index in [0.717, 1.165) is 55.0 Å². The first kappa shape index (κ1) is 28.7. The number of H-pyrrole nitrogens is 1. The van der Waals surface area contributed by atoms with E-state index in [0.29, 0.717) is 29.9 Å². The average molecular weight is 574 g/mol. The summed E-state index contributed by atoms with van der Waals surface area (Å²) < 4.78 is 4.95. The second-order valence-electron chi connectivity index (χ2n) is 13.5. The first-order valence-corrected chi connectivity index (χ1v) is 15.3. The van der Waals surface area contributed by atoms with Crippen LogP contribution in [0.4, 0.5) is 0 Å². The van der Waals surface area contributed by atoms with Crippen molar-refractivity contribution < 1.29 is 24.3 Å². The molecule has 3 N–H and O–H groups in total. The number of nitrogens with zero attached hydrogens (tertiary/aromatic N) is 1. The molecule has 0 aliphatic heterocycles. The Bertz CT molecular complexity index is 1470. The lowest BCUT2D eigenvalue weighted by Crippen LogP contribution is -2.53. The highest BCUT2D eigenvalue weighted by molar-refractivity contribution is 6.05. The largest absolute Gasteiger partial charge is 0.467 e. The number of nitrogens with one attached hydrogen (secondary N) is 2. The number of carbonyl (C=O) groups excluding carboxylic acids is 2. The Balaban J connectivity index is 1.08. The number of oxime groups is 1. The van der Waals surface area contributed by atoms with Gasteiger partial charge in [0.25, 0.3) is 5.91 Å². The second kappa shape index (κ2) is 10.7. The third-order valence-electron chi connectivity index (χ3n) is 11.4. The van der Waals surface area contributed by atoms with Crippen molar-refractivity contribution in [2.24, 2.45) is 33.7 Å². The van der Waals surface area contributed by atoms with Crippen LogP contribution in [-0.2, 0) is 25.6 Å². The molecule has 1 aromatic carbocycles. The normalized spacial score (nSPS) is 35.1. The predicted molar refractivity (Wildman–Crippen MR) is 162 cm³/mol. The molecule has 0 saturated heterocycles. The van der Waals surface area contributed by atoms with E-state index in [-0.39, 0.29) is 17.4 Å². The van der Waals surface area contributed by atoms with Crippen LogP contribution >= 0.6 is 0 Å². The van der Waals surface area contributed by atoms with E-state index >= 15 is 0 Å². The van der Waals surface area contributed by atoms with Crippen LogP contribution in [0.5, 0.6) is 0 Å². The quantitative estimate of drug-likeness (QED) is 0.310. The summed E-state index contributed by atoms with van der Waals surface area (Å²) in [6, 6.07) is 6.98. The van der Waals surface area contributed by atoms with Gasteiger partial charge in [-0.15, -0.1) is 0 Å². The van der Waals surface area contributed by atoms with E-state index in [1.54, 1.807) is 0 Å². The zero-order valence-corrected chi connectivity index (χ0v) is 25.1. The van der Waals surface area contributed by atoms with E-state index in [1.165, 1.54) is 12.7 Å². The summed E-state index contributed by atoms with van der Waals surface area (Å²) in [5.74, 6) is 0.792. The third kappa shape index (κ3) is 4.77.